The van der Waals surface area contributed by atoms with E-state index in [1.165, 1.54) is 11.1 Å². The van der Waals surface area contributed by atoms with Gasteiger partial charge in [0.2, 0.25) is 5.75 Å². The molecule has 154 valence electrons. The summed E-state index contributed by atoms with van der Waals surface area (Å²) < 4.78 is 16.3. The fraction of sp³-hybridized carbons (Fsp3) is 0.381. The van der Waals surface area contributed by atoms with Gasteiger partial charge in [-0.05, 0) is 24.6 Å². The van der Waals surface area contributed by atoms with Crippen LogP contribution in [0.3, 0.4) is 0 Å². The lowest BCUT2D eigenvalue weighted by Gasteiger charge is -2.23. The molecule has 28 heavy (non-hydrogen) atoms. The van der Waals surface area contributed by atoms with Crippen LogP contribution in [0, 0.1) is 6.92 Å². The maximum atomic E-state index is 5.54. The second-order valence-corrected chi connectivity index (χ2v) is 6.24. The van der Waals surface area contributed by atoms with E-state index in [1.54, 1.807) is 28.4 Å². The van der Waals surface area contributed by atoms with Crippen molar-refractivity contribution in [3.8, 4) is 17.2 Å². The molecule has 1 N–H and O–H groups in total. The van der Waals surface area contributed by atoms with Gasteiger partial charge in [0.1, 0.15) is 0 Å². The van der Waals surface area contributed by atoms with Crippen LogP contribution in [0.1, 0.15) is 16.7 Å². The van der Waals surface area contributed by atoms with Crippen LogP contribution in [0.25, 0.3) is 0 Å². The molecule has 0 amide bonds. The predicted molar refractivity (Wildman–Crippen MR) is 124 cm³/mol. The van der Waals surface area contributed by atoms with Crippen LogP contribution in [0.4, 0.5) is 0 Å². The van der Waals surface area contributed by atoms with Crippen LogP contribution in [0.2, 0.25) is 0 Å². The summed E-state index contributed by atoms with van der Waals surface area (Å²) in [6.07, 6.45) is 0. The molecule has 0 aliphatic rings. The van der Waals surface area contributed by atoms with Crippen molar-refractivity contribution in [2.75, 3.05) is 35.4 Å². The average Bonchev–Trinajstić information content (AvgIpc) is 2.69. The maximum absolute atomic E-state index is 5.54. The predicted octanol–water partition coefficient (Wildman–Crippen LogP) is 3.85. The SMILES string of the molecule is CN=C(NCc1ccc(OC)c(OC)c1OC)N(C)Cc1ccc(C)cc1.I. The number of aryl methyl sites for hydroxylation is 1. The molecule has 2 rings (SSSR count). The third-order valence-corrected chi connectivity index (χ3v) is 4.34. The van der Waals surface area contributed by atoms with Gasteiger partial charge in [-0.1, -0.05) is 29.8 Å². The number of nitrogens with one attached hydrogen (secondary N) is 1. The number of guanidine groups is 1. The minimum absolute atomic E-state index is 0. The summed E-state index contributed by atoms with van der Waals surface area (Å²) >= 11 is 0. The Bertz CT molecular complexity index is 779. The molecule has 0 atom stereocenters. The minimum Gasteiger partial charge on any atom is -0.493 e. The Kier molecular flexibility index (Phi) is 9.92. The van der Waals surface area contributed by atoms with E-state index in [0.717, 1.165) is 18.1 Å². The van der Waals surface area contributed by atoms with Crippen molar-refractivity contribution in [3.63, 3.8) is 0 Å². The Hall–Kier alpha value is -2.16. The zero-order valence-corrected chi connectivity index (χ0v) is 19.7. The third kappa shape index (κ3) is 5.92. The zero-order valence-electron chi connectivity index (χ0n) is 17.4. The standard InChI is InChI=1S/C21H29N3O3.HI/c1-15-7-9-16(10-8-15)14-24(3)21(22-2)23-13-17-11-12-18(25-4)20(27-6)19(17)26-5;/h7-12H,13-14H2,1-6H3,(H,22,23);1H. The quantitative estimate of drug-likeness (QED) is 0.357. The van der Waals surface area contributed by atoms with Crippen molar-refractivity contribution in [2.24, 2.45) is 4.99 Å². The Balaban J connectivity index is 0.00000392. The van der Waals surface area contributed by atoms with Gasteiger partial charge in [-0.15, -0.1) is 24.0 Å². The summed E-state index contributed by atoms with van der Waals surface area (Å²) in [6.45, 7) is 3.40. The monoisotopic (exact) mass is 499 g/mol. The van der Waals surface area contributed by atoms with Gasteiger partial charge in [0.15, 0.2) is 17.5 Å². The first-order chi connectivity index (χ1) is 13.0. The molecule has 0 radical (unpaired) electrons. The van der Waals surface area contributed by atoms with Crippen molar-refractivity contribution in [1.82, 2.24) is 10.2 Å². The number of hydrogen-bond donors (Lipinski definition) is 1. The normalized spacial score (nSPS) is 10.7. The van der Waals surface area contributed by atoms with Gasteiger partial charge < -0.3 is 24.4 Å². The Morgan fingerprint density at radius 2 is 1.61 bits per heavy atom. The first-order valence-corrected chi connectivity index (χ1v) is 8.79. The Morgan fingerprint density at radius 3 is 2.14 bits per heavy atom. The van der Waals surface area contributed by atoms with Crippen molar-refractivity contribution in [2.45, 2.75) is 20.0 Å². The lowest BCUT2D eigenvalue weighted by atomic mass is 10.1. The van der Waals surface area contributed by atoms with Crippen LogP contribution in [0.5, 0.6) is 17.2 Å². The fourth-order valence-corrected chi connectivity index (χ4v) is 2.90. The second kappa shape index (κ2) is 11.6. The summed E-state index contributed by atoms with van der Waals surface area (Å²) in [5.41, 5.74) is 3.44. The van der Waals surface area contributed by atoms with Gasteiger partial charge >= 0.3 is 0 Å². The topological polar surface area (TPSA) is 55.3 Å². The maximum Gasteiger partial charge on any atom is 0.203 e. The van der Waals surface area contributed by atoms with E-state index in [0.29, 0.717) is 23.8 Å². The first-order valence-electron chi connectivity index (χ1n) is 8.79. The highest BCUT2D eigenvalue weighted by atomic mass is 127. The smallest absolute Gasteiger partial charge is 0.203 e. The number of nitrogens with zero attached hydrogens (tertiary/aromatic N) is 2. The largest absolute Gasteiger partial charge is 0.493 e. The molecule has 0 unspecified atom stereocenters. The summed E-state index contributed by atoms with van der Waals surface area (Å²) in [5.74, 6) is 2.68. The first kappa shape index (κ1) is 23.9. The summed E-state index contributed by atoms with van der Waals surface area (Å²) in [7, 11) is 8.63. The number of ether oxygens (including phenoxy) is 3. The van der Waals surface area contributed by atoms with Crippen LogP contribution in [0.15, 0.2) is 41.4 Å². The highest BCUT2D eigenvalue weighted by Crippen LogP contribution is 2.39. The molecular weight excluding hydrogens is 469 g/mol. The summed E-state index contributed by atoms with van der Waals surface area (Å²) in [4.78, 5) is 6.46. The number of halogens is 1. The molecule has 0 heterocycles. The number of rotatable bonds is 7. The van der Waals surface area contributed by atoms with E-state index < -0.39 is 0 Å². The lowest BCUT2D eigenvalue weighted by Crippen LogP contribution is -2.38. The summed E-state index contributed by atoms with van der Waals surface area (Å²) in [6, 6.07) is 12.3. The molecule has 2 aromatic rings. The van der Waals surface area contributed by atoms with Crippen molar-refractivity contribution in [3.05, 3.63) is 53.1 Å². The number of aliphatic imine (C=N–C) groups is 1. The van der Waals surface area contributed by atoms with Crippen molar-refractivity contribution >= 4 is 29.9 Å². The van der Waals surface area contributed by atoms with Gasteiger partial charge in [-0.2, -0.15) is 0 Å². The molecular formula is C21H30IN3O3. The highest BCUT2D eigenvalue weighted by molar-refractivity contribution is 14.0. The van der Waals surface area contributed by atoms with E-state index in [2.05, 4.69) is 46.4 Å². The molecule has 7 heteroatoms. The van der Waals surface area contributed by atoms with Gasteiger partial charge in [-0.25, -0.2) is 0 Å². The summed E-state index contributed by atoms with van der Waals surface area (Å²) in [5, 5.41) is 3.38. The van der Waals surface area contributed by atoms with Crippen molar-refractivity contribution in [1.29, 1.82) is 0 Å². The van der Waals surface area contributed by atoms with Gasteiger partial charge in [0.05, 0.1) is 21.3 Å². The van der Waals surface area contributed by atoms with E-state index >= 15 is 0 Å². The number of hydrogen-bond acceptors (Lipinski definition) is 4. The van der Waals surface area contributed by atoms with E-state index in [1.807, 2.05) is 19.2 Å². The second-order valence-electron chi connectivity index (χ2n) is 6.24. The molecule has 0 spiro atoms. The van der Waals surface area contributed by atoms with E-state index in [4.69, 9.17) is 14.2 Å². The number of benzene rings is 2. The molecule has 6 nitrogen and oxygen atoms in total. The van der Waals surface area contributed by atoms with Crippen LogP contribution in [-0.4, -0.2) is 46.3 Å². The zero-order chi connectivity index (χ0) is 19.8. The van der Waals surface area contributed by atoms with E-state index in [9.17, 15) is 0 Å². The van der Waals surface area contributed by atoms with Gasteiger partial charge in [0, 0.05) is 32.7 Å². The third-order valence-electron chi connectivity index (χ3n) is 4.34. The van der Waals surface area contributed by atoms with Crippen LogP contribution < -0.4 is 19.5 Å². The van der Waals surface area contributed by atoms with Gasteiger partial charge in [-0.3, -0.25) is 4.99 Å². The fourth-order valence-electron chi connectivity index (χ4n) is 2.90. The van der Waals surface area contributed by atoms with Crippen LogP contribution >= 0.6 is 24.0 Å². The molecule has 0 aromatic heterocycles. The van der Waals surface area contributed by atoms with Gasteiger partial charge in [0.25, 0.3) is 0 Å². The lowest BCUT2D eigenvalue weighted by molar-refractivity contribution is 0.322. The number of methoxy groups -OCH3 is 3. The molecule has 0 saturated heterocycles. The molecule has 0 aliphatic heterocycles. The molecule has 0 saturated carbocycles. The van der Waals surface area contributed by atoms with Crippen LogP contribution in [-0.2, 0) is 13.1 Å². The Labute approximate surface area is 184 Å². The Morgan fingerprint density at radius 1 is 0.964 bits per heavy atom. The minimum atomic E-state index is 0. The van der Waals surface area contributed by atoms with Crippen molar-refractivity contribution < 1.29 is 14.2 Å². The highest BCUT2D eigenvalue weighted by Gasteiger charge is 2.16. The van der Waals surface area contributed by atoms with E-state index in [-0.39, 0.29) is 24.0 Å². The molecule has 0 fully saturated rings. The average molecular weight is 499 g/mol. The molecule has 0 aliphatic carbocycles. The molecule has 2 aromatic carbocycles. The molecule has 0 bridgehead atoms.